The van der Waals surface area contributed by atoms with Crippen LogP contribution in [0.2, 0.25) is 10.0 Å². The number of hydrogen-bond donors (Lipinski definition) is 1. The molecule has 4 nitrogen and oxygen atoms in total. The zero-order chi connectivity index (χ0) is 20.3. The maximum atomic E-state index is 14.0. The molecule has 2 amide bonds. The zero-order valence-electron chi connectivity index (χ0n) is 15.4. The van der Waals surface area contributed by atoms with Crippen LogP contribution >= 0.6 is 23.2 Å². The number of anilines is 1. The maximum absolute atomic E-state index is 14.0. The fourth-order valence-corrected chi connectivity index (χ4v) is 3.65. The van der Waals surface area contributed by atoms with Gasteiger partial charge in [-0.2, -0.15) is 0 Å². The van der Waals surface area contributed by atoms with Crippen molar-refractivity contribution < 1.29 is 14.0 Å². The van der Waals surface area contributed by atoms with Gasteiger partial charge < -0.3 is 10.2 Å². The third-order valence-corrected chi connectivity index (χ3v) is 5.32. The predicted molar refractivity (Wildman–Crippen MR) is 109 cm³/mol. The summed E-state index contributed by atoms with van der Waals surface area (Å²) in [5, 5.41) is 3.52. The molecule has 1 fully saturated rings. The minimum Gasteiger partial charge on any atom is -0.333 e. The van der Waals surface area contributed by atoms with Crippen LogP contribution in [0.15, 0.2) is 42.5 Å². The fraction of sp³-hybridized carbons (Fsp3) is 0.333. The summed E-state index contributed by atoms with van der Waals surface area (Å²) in [6, 6.07) is 11.3. The predicted octanol–water partition coefficient (Wildman–Crippen LogP) is 5.11. The van der Waals surface area contributed by atoms with Crippen LogP contribution in [-0.4, -0.2) is 29.8 Å². The molecule has 0 bridgehead atoms. The van der Waals surface area contributed by atoms with E-state index in [4.69, 9.17) is 23.2 Å². The van der Waals surface area contributed by atoms with E-state index in [0.717, 1.165) is 0 Å². The van der Waals surface area contributed by atoms with Crippen molar-refractivity contribution in [3.05, 3.63) is 63.9 Å². The molecular weight excluding hydrogens is 402 g/mol. The second kappa shape index (κ2) is 8.93. The maximum Gasteiger partial charge on any atom is 0.244 e. The number of benzene rings is 2. The van der Waals surface area contributed by atoms with Crippen LogP contribution in [0.3, 0.4) is 0 Å². The average molecular weight is 423 g/mol. The molecule has 0 spiro atoms. The molecular formula is C21H21Cl2FN2O2. The smallest absolute Gasteiger partial charge is 0.244 e. The topological polar surface area (TPSA) is 49.4 Å². The first kappa shape index (κ1) is 20.6. The van der Waals surface area contributed by atoms with Crippen molar-refractivity contribution in [2.75, 3.05) is 18.4 Å². The fourth-order valence-electron chi connectivity index (χ4n) is 3.32. The normalized spacial score (nSPS) is 17.9. The molecule has 2 aromatic carbocycles. The highest BCUT2D eigenvalue weighted by molar-refractivity contribution is 6.35. The van der Waals surface area contributed by atoms with E-state index in [1.54, 1.807) is 36.4 Å². The Bertz CT molecular complexity index is 890. The molecule has 7 heteroatoms. The second-order valence-corrected chi connectivity index (χ2v) is 7.75. The average Bonchev–Trinajstić information content (AvgIpc) is 3.44. The van der Waals surface area contributed by atoms with Crippen molar-refractivity contribution in [3.63, 3.8) is 0 Å². The molecule has 1 aliphatic rings. The number of nitrogens with zero attached hydrogens (tertiary/aromatic N) is 1. The minimum atomic E-state index is -0.353. The van der Waals surface area contributed by atoms with Crippen molar-refractivity contribution in [1.29, 1.82) is 0 Å². The number of hydrogen-bond acceptors (Lipinski definition) is 2. The number of nitrogens with one attached hydrogen (secondary N) is 1. The lowest BCUT2D eigenvalue weighted by Gasteiger charge is -2.22. The standard InChI is InChI=1S/C21H21Cl2FN2O2/c1-2-9-26(12-20(27)25-19-10-13(22)7-8-17(19)23)21(28)16-11-15(16)14-5-3-4-6-18(14)24/h3-8,10,15-16H,2,9,11-12H2,1H3,(H,25,27). The van der Waals surface area contributed by atoms with Crippen LogP contribution in [0.5, 0.6) is 0 Å². The summed E-state index contributed by atoms with van der Waals surface area (Å²) in [5.41, 5.74) is 0.964. The number of amides is 2. The number of carbonyl (C=O) groups is 2. The highest BCUT2D eigenvalue weighted by atomic mass is 35.5. The molecule has 1 saturated carbocycles. The highest BCUT2D eigenvalue weighted by Gasteiger charge is 2.46. The van der Waals surface area contributed by atoms with Gasteiger partial charge in [-0.25, -0.2) is 4.39 Å². The van der Waals surface area contributed by atoms with E-state index in [1.807, 2.05) is 6.92 Å². The van der Waals surface area contributed by atoms with E-state index in [9.17, 15) is 14.0 Å². The van der Waals surface area contributed by atoms with Crippen LogP contribution < -0.4 is 5.32 Å². The van der Waals surface area contributed by atoms with Gasteiger partial charge in [0.2, 0.25) is 11.8 Å². The number of rotatable bonds is 7. The lowest BCUT2D eigenvalue weighted by atomic mass is 10.1. The van der Waals surface area contributed by atoms with E-state index < -0.39 is 0 Å². The van der Waals surface area contributed by atoms with E-state index in [-0.39, 0.29) is 36.0 Å². The Labute approximate surface area is 173 Å². The SMILES string of the molecule is CCCN(CC(=O)Nc1cc(Cl)ccc1Cl)C(=O)C1CC1c1ccccc1F. The third kappa shape index (κ3) is 4.83. The van der Waals surface area contributed by atoms with Crippen molar-refractivity contribution in [2.45, 2.75) is 25.7 Å². The number of halogens is 3. The largest absolute Gasteiger partial charge is 0.333 e. The first-order chi connectivity index (χ1) is 13.4. The molecule has 3 rings (SSSR count). The Hall–Kier alpha value is -2.11. The molecule has 0 heterocycles. The van der Waals surface area contributed by atoms with Gasteiger partial charge in [-0.15, -0.1) is 0 Å². The van der Waals surface area contributed by atoms with Crippen molar-refractivity contribution >= 4 is 40.7 Å². The van der Waals surface area contributed by atoms with Crippen LogP contribution in [0.1, 0.15) is 31.2 Å². The van der Waals surface area contributed by atoms with Gasteiger partial charge in [0.05, 0.1) is 17.3 Å². The lowest BCUT2D eigenvalue weighted by molar-refractivity contribution is -0.136. The quantitative estimate of drug-likeness (QED) is 0.673. The van der Waals surface area contributed by atoms with Gasteiger partial charge in [0.15, 0.2) is 0 Å². The van der Waals surface area contributed by atoms with Gasteiger partial charge in [0.1, 0.15) is 5.82 Å². The monoisotopic (exact) mass is 422 g/mol. The lowest BCUT2D eigenvalue weighted by Crippen LogP contribution is -2.39. The van der Waals surface area contributed by atoms with Gasteiger partial charge in [-0.05, 0) is 48.6 Å². The zero-order valence-corrected chi connectivity index (χ0v) is 16.9. The highest BCUT2D eigenvalue weighted by Crippen LogP contribution is 2.49. The van der Waals surface area contributed by atoms with E-state index in [2.05, 4.69) is 5.32 Å². The summed E-state index contributed by atoms with van der Waals surface area (Å²) in [4.78, 5) is 26.9. The van der Waals surface area contributed by atoms with Crippen LogP contribution in [-0.2, 0) is 9.59 Å². The number of carbonyl (C=O) groups excluding carboxylic acids is 2. The summed E-state index contributed by atoms with van der Waals surface area (Å²) in [6.07, 6.45) is 1.32. The Morgan fingerprint density at radius 2 is 1.96 bits per heavy atom. The van der Waals surface area contributed by atoms with Crippen LogP contribution in [0.4, 0.5) is 10.1 Å². The Morgan fingerprint density at radius 1 is 1.21 bits per heavy atom. The molecule has 2 atom stereocenters. The van der Waals surface area contributed by atoms with Crippen molar-refractivity contribution in [1.82, 2.24) is 4.90 Å². The Balaban J connectivity index is 1.65. The van der Waals surface area contributed by atoms with Crippen molar-refractivity contribution in [2.24, 2.45) is 5.92 Å². The summed E-state index contributed by atoms with van der Waals surface area (Å²) in [6.45, 7) is 2.30. The molecule has 148 valence electrons. The van der Waals surface area contributed by atoms with E-state index in [1.165, 1.54) is 11.0 Å². The summed E-state index contributed by atoms with van der Waals surface area (Å²) in [7, 11) is 0. The molecule has 1 N–H and O–H groups in total. The molecule has 2 unspecified atom stereocenters. The van der Waals surface area contributed by atoms with Gasteiger partial charge in [-0.3, -0.25) is 9.59 Å². The molecule has 0 aliphatic heterocycles. The molecule has 1 aliphatic carbocycles. The molecule has 28 heavy (non-hydrogen) atoms. The summed E-state index contributed by atoms with van der Waals surface area (Å²) < 4.78 is 14.0. The van der Waals surface area contributed by atoms with Crippen molar-refractivity contribution in [3.8, 4) is 0 Å². The summed E-state index contributed by atoms with van der Waals surface area (Å²) in [5.74, 6) is -1.18. The Morgan fingerprint density at radius 3 is 2.68 bits per heavy atom. The molecule has 0 saturated heterocycles. The van der Waals surface area contributed by atoms with Gasteiger partial charge in [0, 0.05) is 17.5 Å². The van der Waals surface area contributed by atoms with E-state index in [0.29, 0.717) is 40.7 Å². The minimum absolute atomic E-state index is 0.0873. The van der Waals surface area contributed by atoms with Gasteiger partial charge in [0.25, 0.3) is 0 Å². The van der Waals surface area contributed by atoms with Gasteiger partial charge in [-0.1, -0.05) is 48.3 Å². The van der Waals surface area contributed by atoms with Gasteiger partial charge >= 0.3 is 0 Å². The molecule has 0 aromatic heterocycles. The molecule has 0 radical (unpaired) electrons. The van der Waals surface area contributed by atoms with Crippen LogP contribution in [0.25, 0.3) is 0 Å². The summed E-state index contributed by atoms with van der Waals surface area (Å²) >= 11 is 12.0. The first-order valence-electron chi connectivity index (χ1n) is 9.18. The van der Waals surface area contributed by atoms with E-state index >= 15 is 0 Å². The molecule has 2 aromatic rings. The second-order valence-electron chi connectivity index (χ2n) is 6.90. The third-order valence-electron chi connectivity index (χ3n) is 4.75. The van der Waals surface area contributed by atoms with Crippen LogP contribution in [0, 0.1) is 11.7 Å². The Kier molecular flexibility index (Phi) is 6.57. The first-order valence-corrected chi connectivity index (χ1v) is 9.94.